The van der Waals surface area contributed by atoms with Crippen LogP contribution in [0, 0.1) is 0 Å². The fraction of sp³-hybridized carbons (Fsp3) is 0.182. The van der Waals surface area contributed by atoms with Crippen LogP contribution in [0.25, 0.3) is 0 Å². The lowest BCUT2D eigenvalue weighted by atomic mass is 10.1. The number of amides is 2. The second kappa shape index (κ2) is 9.96. The number of carbonyl (C=O) groups excluding carboxylic acids is 3. The third-order valence-electron chi connectivity index (χ3n) is 4.67. The Morgan fingerprint density at radius 1 is 1.21 bits per heavy atom. The fourth-order valence-corrected chi connectivity index (χ4v) is 3.27. The molecule has 0 bridgehead atoms. The van der Waals surface area contributed by atoms with E-state index in [4.69, 9.17) is 11.6 Å². The number of rotatable bonds is 8. The van der Waals surface area contributed by atoms with E-state index in [2.05, 4.69) is 15.0 Å². The van der Waals surface area contributed by atoms with Gasteiger partial charge in [0.2, 0.25) is 12.2 Å². The number of nitrogens with one attached hydrogen (secondary N) is 1. The molecule has 3 rings (SSSR count). The Labute approximate surface area is 196 Å². The van der Waals surface area contributed by atoms with Crippen LogP contribution >= 0.6 is 11.6 Å². The highest BCUT2D eigenvalue weighted by Crippen LogP contribution is 2.27. The number of hydrogen-bond acceptors (Lipinski definition) is 5. The molecule has 0 saturated carbocycles. The quantitative estimate of drug-likeness (QED) is 0.381. The molecule has 0 aliphatic rings. The molecule has 0 spiro atoms. The van der Waals surface area contributed by atoms with Crippen molar-refractivity contribution in [3.05, 3.63) is 76.2 Å². The van der Waals surface area contributed by atoms with E-state index >= 15 is 0 Å². The van der Waals surface area contributed by atoms with E-state index in [1.54, 1.807) is 24.3 Å². The molecular formula is C22H18ClF3N4O4. The number of ketones is 1. The second-order valence-electron chi connectivity index (χ2n) is 7.02. The predicted molar refractivity (Wildman–Crippen MR) is 117 cm³/mol. The number of aromatic nitrogens is 2. The molecule has 178 valence electrons. The number of anilines is 1. The van der Waals surface area contributed by atoms with Crippen LogP contribution in [0.4, 0.5) is 19.0 Å². The summed E-state index contributed by atoms with van der Waals surface area (Å²) < 4.78 is 43.1. The maximum absolute atomic E-state index is 13.3. The predicted octanol–water partition coefficient (Wildman–Crippen LogP) is 3.67. The van der Waals surface area contributed by atoms with E-state index in [0.29, 0.717) is 17.0 Å². The standard InChI is InChI=1S/C22H18ClF3N4O4/c1-27-21(33)17-19(29(2)12-31)28-20(30(17)11-13-6-8-15(23)9-7-13)18(32)14-4-3-5-16(10-14)34-22(24,25)26/h3-10,12H,11H2,1-2H3,(H,27,33). The first-order valence-corrected chi connectivity index (χ1v) is 10.1. The van der Waals surface area contributed by atoms with Crippen molar-refractivity contribution >= 4 is 35.5 Å². The number of benzene rings is 2. The van der Waals surface area contributed by atoms with Crippen LogP contribution in [-0.4, -0.2) is 48.1 Å². The minimum atomic E-state index is -4.94. The summed E-state index contributed by atoms with van der Waals surface area (Å²) in [6, 6.07) is 11.0. The highest BCUT2D eigenvalue weighted by molar-refractivity contribution is 6.30. The topological polar surface area (TPSA) is 93.5 Å². The van der Waals surface area contributed by atoms with Crippen molar-refractivity contribution in [2.45, 2.75) is 12.9 Å². The van der Waals surface area contributed by atoms with Crippen molar-refractivity contribution in [1.29, 1.82) is 0 Å². The van der Waals surface area contributed by atoms with Crippen LogP contribution < -0.4 is 15.0 Å². The molecule has 0 saturated heterocycles. The first kappa shape index (κ1) is 24.8. The fourth-order valence-electron chi connectivity index (χ4n) is 3.14. The summed E-state index contributed by atoms with van der Waals surface area (Å²) in [5, 5.41) is 2.92. The molecular weight excluding hydrogens is 477 g/mol. The Hall–Kier alpha value is -3.86. The van der Waals surface area contributed by atoms with Gasteiger partial charge in [-0.2, -0.15) is 0 Å². The molecule has 1 N–H and O–H groups in total. The summed E-state index contributed by atoms with van der Waals surface area (Å²) in [4.78, 5) is 42.7. The number of halogens is 4. The van der Waals surface area contributed by atoms with Gasteiger partial charge in [0.1, 0.15) is 5.75 Å². The largest absolute Gasteiger partial charge is 0.573 e. The van der Waals surface area contributed by atoms with Crippen LogP contribution in [-0.2, 0) is 11.3 Å². The van der Waals surface area contributed by atoms with Gasteiger partial charge in [0.25, 0.3) is 5.91 Å². The number of nitrogens with zero attached hydrogens (tertiary/aromatic N) is 3. The molecule has 0 atom stereocenters. The van der Waals surface area contributed by atoms with Gasteiger partial charge in [0.05, 0.1) is 6.54 Å². The minimum absolute atomic E-state index is 0.0144. The SMILES string of the molecule is CNC(=O)c1c(N(C)C=O)nc(C(=O)c2cccc(OC(F)(F)F)c2)n1Cc1ccc(Cl)cc1. The Morgan fingerprint density at radius 2 is 1.88 bits per heavy atom. The average Bonchev–Trinajstić information content (AvgIpc) is 3.17. The van der Waals surface area contributed by atoms with Crippen LogP contribution in [0.5, 0.6) is 5.75 Å². The lowest BCUT2D eigenvalue weighted by molar-refractivity contribution is -0.274. The number of alkyl halides is 3. The van der Waals surface area contributed by atoms with Gasteiger partial charge in [0.15, 0.2) is 17.3 Å². The third kappa shape index (κ3) is 5.54. The van der Waals surface area contributed by atoms with Gasteiger partial charge in [0, 0.05) is 24.7 Å². The van der Waals surface area contributed by atoms with Crippen molar-refractivity contribution in [3.8, 4) is 5.75 Å². The molecule has 8 nitrogen and oxygen atoms in total. The minimum Gasteiger partial charge on any atom is -0.406 e. The van der Waals surface area contributed by atoms with E-state index in [9.17, 15) is 27.6 Å². The zero-order valence-electron chi connectivity index (χ0n) is 17.9. The molecule has 0 aliphatic heterocycles. The Kier molecular flexibility index (Phi) is 7.26. The molecule has 0 fully saturated rings. The van der Waals surface area contributed by atoms with Crippen LogP contribution in [0.1, 0.15) is 32.2 Å². The molecule has 2 aromatic carbocycles. The van der Waals surface area contributed by atoms with Crippen molar-refractivity contribution in [1.82, 2.24) is 14.9 Å². The summed E-state index contributed by atoms with van der Waals surface area (Å²) >= 11 is 5.93. The van der Waals surface area contributed by atoms with Gasteiger partial charge < -0.3 is 19.5 Å². The van der Waals surface area contributed by atoms with Crippen molar-refractivity contribution in [2.75, 3.05) is 19.0 Å². The van der Waals surface area contributed by atoms with Gasteiger partial charge in [-0.15, -0.1) is 13.2 Å². The van der Waals surface area contributed by atoms with Gasteiger partial charge in [-0.25, -0.2) is 4.98 Å². The zero-order valence-corrected chi connectivity index (χ0v) is 18.6. The first-order chi connectivity index (χ1) is 16.0. The number of carbonyl (C=O) groups is 3. The molecule has 2 amide bonds. The number of imidazole rings is 1. The lowest BCUT2D eigenvalue weighted by Crippen LogP contribution is -2.26. The summed E-state index contributed by atoms with van der Waals surface area (Å²) in [6.07, 6.45) is -4.53. The lowest BCUT2D eigenvalue weighted by Gasteiger charge is -2.14. The second-order valence-corrected chi connectivity index (χ2v) is 7.46. The molecule has 0 unspecified atom stereocenters. The number of ether oxygens (including phenoxy) is 1. The van der Waals surface area contributed by atoms with Crippen molar-refractivity contribution < 1.29 is 32.3 Å². The van der Waals surface area contributed by atoms with E-state index in [1.165, 1.54) is 30.8 Å². The molecule has 0 aliphatic carbocycles. The monoisotopic (exact) mass is 494 g/mol. The highest BCUT2D eigenvalue weighted by atomic mass is 35.5. The Bertz CT molecular complexity index is 1230. The van der Waals surface area contributed by atoms with Gasteiger partial charge in [-0.3, -0.25) is 14.4 Å². The molecule has 1 heterocycles. The summed E-state index contributed by atoms with van der Waals surface area (Å²) in [5.74, 6) is -2.36. The Balaban J connectivity index is 2.17. The van der Waals surface area contributed by atoms with Crippen LogP contribution in [0.2, 0.25) is 5.02 Å². The molecule has 1 aromatic heterocycles. The normalized spacial score (nSPS) is 11.1. The maximum Gasteiger partial charge on any atom is 0.573 e. The third-order valence-corrected chi connectivity index (χ3v) is 4.92. The van der Waals surface area contributed by atoms with E-state index in [-0.39, 0.29) is 29.4 Å². The highest BCUT2D eigenvalue weighted by Gasteiger charge is 2.32. The first-order valence-electron chi connectivity index (χ1n) is 9.69. The van der Waals surface area contributed by atoms with E-state index in [1.807, 2.05) is 0 Å². The molecule has 0 radical (unpaired) electrons. The average molecular weight is 495 g/mol. The molecule has 12 heteroatoms. The Morgan fingerprint density at radius 3 is 2.47 bits per heavy atom. The molecule has 34 heavy (non-hydrogen) atoms. The summed E-state index contributed by atoms with van der Waals surface area (Å²) in [6.45, 7) is -0.0144. The van der Waals surface area contributed by atoms with Gasteiger partial charge >= 0.3 is 6.36 Å². The number of hydrogen-bond donors (Lipinski definition) is 1. The van der Waals surface area contributed by atoms with Crippen molar-refractivity contribution in [3.63, 3.8) is 0 Å². The van der Waals surface area contributed by atoms with Crippen molar-refractivity contribution in [2.24, 2.45) is 0 Å². The van der Waals surface area contributed by atoms with E-state index in [0.717, 1.165) is 17.0 Å². The zero-order chi connectivity index (χ0) is 25.0. The molecule has 3 aromatic rings. The summed E-state index contributed by atoms with van der Waals surface area (Å²) in [7, 11) is 2.71. The van der Waals surface area contributed by atoms with Gasteiger partial charge in [-0.05, 0) is 29.8 Å². The van der Waals surface area contributed by atoms with Crippen LogP contribution in [0.15, 0.2) is 48.5 Å². The van der Waals surface area contributed by atoms with Gasteiger partial charge in [-0.1, -0.05) is 35.9 Å². The summed E-state index contributed by atoms with van der Waals surface area (Å²) in [5.41, 5.74) is 0.404. The maximum atomic E-state index is 13.3. The van der Waals surface area contributed by atoms with Crippen LogP contribution in [0.3, 0.4) is 0 Å². The smallest absolute Gasteiger partial charge is 0.406 e. The van der Waals surface area contributed by atoms with E-state index < -0.39 is 23.8 Å².